The van der Waals surface area contributed by atoms with Gasteiger partial charge in [-0.05, 0) is 98.9 Å². The standard InChI is InChI=1S/C43H57NO9/c1-3-4-5-10-26-19-40(24-46)34-13-15-39-14-7-6-9-25-11-8-12-27(23-45)29(25)17-32(44-2)30-16-28(37(39)31-18-36(49)53-38(30)31)20-42(39,51)43(34,52)35(48)22-41(40,50)21-33(26)47/h8,11-12,18,24,26,28,30,32-35,37-38,44-45,47-48,50-52H,3-5,7,10,13-17,19-23H2,1-2H3/t26-,28-,30+,32+,33+,34-,35-,37+,38-,39+,40+,41+,42+,43+/m0/s1. The molecule has 1 aromatic carbocycles. The van der Waals surface area contributed by atoms with Crippen molar-refractivity contribution >= 4 is 12.3 Å². The van der Waals surface area contributed by atoms with Gasteiger partial charge in [0.2, 0.25) is 0 Å². The Labute approximate surface area is 312 Å². The highest BCUT2D eigenvalue weighted by atomic mass is 16.5. The van der Waals surface area contributed by atoms with Crippen LogP contribution in [0.5, 0.6) is 0 Å². The Balaban J connectivity index is 1.27. The van der Waals surface area contributed by atoms with Crippen molar-refractivity contribution in [3.63, 3.8) is 0 Å². The molecule has 53 heavy (non-hydrogen) atoms. The third-order valence-electron chi connectivity index (χ3n) is 16.0. The van der Waals surface area contributed by atoms with E-state index in [0.29, 0.717) is 38.5 Å². The summed E-state index contributed by atoms with van der Waals surface area (Å²) in [5.74, 6) is 4.38. The number of esters is 1. The molecular weight excluding hydrogens is 674 g/mol. The highest BCUT2D eigenvalue weighted by Crippen LogP contribution is 2.76. The molecule has 10 heteroatoms. The lowest BCUT2D eigenvalue weighted by Gasteiger charge is -2.70. The summed E-state index contributed by atoms with van der Waals surface area (Å²) in [6, 6.07) is 5.57. The lowest BCUT2D eigenvalue weighted by molar-refractivity contribution is -0.352. The molecule has 5 fully saturated rings. The molecule has 4 bridgehead atoms. The molecule has 7 N–H and O–H groups in total. The van der Waals surface area contributed by atoms with Crippen molar-refractivity contribution in [2.45, 2.75) is 145 Å². The van der Waals surface area contributed by atoms with Gasteiger partial charge in [-0.15, -0.1) is 0 Å². The molecule has 288 valence electrons. The van der Waals surface area contributed by atoms with Crippen LogP contribution in [0, 0.1) is 52.3 Å². The fraction of sp³-hybridized carbons (Fsp3) is 0.721. The van der Waals surface area contributed by atoms with Gasteiger partial charge in [-0.3, -0.25) is 0 Å². The van der Waals surface area contributed by atoms with Gasteiger partial charge in [0.15, 0.2) is 0 Å². The van der Waals surface area contributed by atoms with Crippen LogP contribution in [0.2, 0.25) is 0 Å². The van der Waals surface area contributed by atoms with E-state index in [9.17, 15) is 40.2 Å². The molecule has 0 radical (unpaired) electrons. The molecule has 0 amide bonds. The van der Waals surface area contributed by atoms with E-state index in [2.05, 4.69) is 24.1 Å². The summed E-state index contributed by atoms with van der Waals surface area (Å²) >= 11 is 0. The number of rotatable bonds is 7. The van der Waals surface area contributed by atoms with E-state index in [1.807, 2.05) is 25.2 Å². The molecular formula is C43H57NO9. The molecule has 0 saturated heterocycles. The zero-order valence-corrected chi connectivity index (χ0v) is 31.1. The first kappa shape index (κ1) is 37.3. The number of aldehydes is 1. The minimum atomic E-state index is -2.16. The predicted octanol–water partition coefficient (Wildman–Crippen LogP) is 2.85. The van der Waals surface area contributed by atoms with Crippen molar-refractivity contribution in [1.82, 2.24) is 5.32 Å². The van der Waals surface area contributed by atoms with Gasteiger partial charge in [0.25, 0.3) is 0 Å². The third-order valence-corrected chi connectivity index (χ3v) is 16.0. The van der Waals surface area contributed by atoms with Crippen LogP contribution in [0.15, 0.2) is 29.8 Å². The summed E-state index contributed by atoms with van der Waals surface area (Å²) in [5.41, 5.74) is -4.91. The van der Waals surface area contributed by atoms with Crippen LogP contribution in [0.4, 0.5) is 0 Å². The van der Waals surface area contributed by atoms with Crippen molar-refractivity contribution in [2.24, 2.45) is 40.4 Å². The molecule has 7 aliphatic rings. The largest absolute Gasteiger partial charge is 0.454 e. The number of aliphatic hydroxyl groups excluding tert-OH is 3. The van der Waals surface area contributed by atoms with Crippen LogP contribution in [-0.2, 0) is 27.4 Å². The predicted molar refractivity (Wildman–Crippen MR) is 195 cm³/mol. The Hall–Kier alpha value is -2.62. The summed E-state index contributed by atoms with van der Waals surface area (Å²) in [5, 5.41) is 76.8. The number of likely N-dealkylation sites (N-methyl/N-ethyl adjacent to an activating group) is 1. The van der Waals surface area contributed by atoms with Gasteiger partial charge in [0, 0.05) is 54.2 Å². The maximum atomic E-state index is 13.7. The van der Waals surface area contributed by atoms with Crippen molar-refractivity contribution < 1.29 is 45.0 Å². The van der Waals surface area contributed by atoms with Crippen molar-refractivity contribution in [3.8, 4) is 11.8 Å². The first-order chi connectivity index (χ1) is 25.4. The number of hydrogen-bond acceptors (Lipinski definition) is 10. The first-order valence-electron chi connectivity index (χ1n) is 20.2. The summed E-state index contributed by atoms with van der Waals surface area (Å²) in [6.45, 7) is 1.98. The van der Waals surface area contributed by atoms with Crippen LogP contribution < -0.4 is 5.32 Å². The van der Waals surface area contributed by atoms with E-state index in [1.54, 1.807) is 6.08 Å². The zero-order chi connectivity index (χ0) is 37.6. The highest BCUT2D eigenvalue weighted by molar-refractivity contribution is 5.86. The van der Waals surface area contributed by atoms with Crippen molar-refractivity contribution in [3.05, 3.63) is 46.5 Å². The van der Waals surface area contributed by atoms with E-state index in [4.69, 9.17) is 4.74 Å². The minimum Gasteiger partial charge on any atom is -0.454 e. The van der Waals surface area contributed by atoms with Gasteiger partial charge >= 0.3 is 5.97 Å². The van der Waals surface area contributed by atoms with E-state index >= 15 is 0 Å². The topological polar surface area (TPSA) is 177 Å². The van der Waals surface area contributed by atoms with Gasteiger partial charge in [0.1, 0.15) is 23.6 Å². The molecule has 1 aromatic rings. The first-order valence-corrected chi connectivity index (χ1v) is 20.2. The highest BCUT2D eigenvalue weighted by Gasteiger charge is 2.82. The fourth-order valence-electron chi connectivity index (χ4n) is 13.7. The second-order valence-corrected chi connectivity index (χ2v) is 17.9. The number of carbonyl (C=O) groups excluding carboxylic acids is 2. The quantitative estimate of drug-likeness (QED) is 0.0956. The molecule has 0 unspecified atom stereocenters. The SMILES string of the molecule is CCCCC[C@H]1C[C@@]2(C=O)[C@@H]3CC[C@@]45CCC#Cc6cccc(CO)c6C[C@@H](NC)[C@H]6C[C@@H](C[C@]4(O)[C@]3(O)[C@@H](O)C[C@]2(O)C[C@H]1O)[C@@H]5C1=CC(=O)O[C@H]16. The maximum Gasteiger partial charge on any atom is 0.331 e. The molecule has 0 aromatic heterocycles. The summed E-state index contributed by atoms with van der Waals surface area (Å²) in [7, 11) is 1.88. The lowest BCUT2D eigenvalue weighted by atomic mass is 9.37. The lowest BCUT2D eigenvalue weighted by Crippen LogP contribution is -2.82. The number of aliphatic hydroxyl groups is 6. The van der Waals surface area contributed by atoms with E-state index < -0.39 is 57.8 Å². The van der Waals surface area contributed by atoms with Crippen molar-refractivity contribution in [2.75, 3.05) is 7.05 Å². The Kier molecular flexibility index (Phi) is 9.33. The van der Waals surface area contributed by atoms with Crippen LogP contribution in [-0.4, -0.2) is 91.1 Å². The maximum absolute atomic E-state index is 13.7. The number of benzene rings is 1. The fourth-order valence-corrected chi connectivity index (χ4v) is 13.7. The summed E-state index contributed by atoms with van der Waals surface area (Å²) < 4.78 is 6.13. The summed E-state index contributed by atoms with van der Waals surface area (Å²) in [4.78, 5) is 26.9. The van der Waals surface area contributed by atoms with E-state index in [1.165, 1.54) is 0 Å². The van der Waals surface area contributed by atoms with Crippen LogP contribution >= 0.6 is 0 Å². The number of nitrogens with one attached hydrogen (secondary N) is 1. The zero-order valence-electron chi connectivity index (χ0n) is 31.1. The van der Waals surface area contributed by atoms with Crippen LogP contribution in [0.25, 0.3) is 0 Å². The summed E-state index contributed by atoms with van der Waals surface area (Å²) in [6.07, 6.45) is 5.39. The average molecular weight is 732 g/mol. The van der Waals surface area contributed by atoms with Gasteiger partial charge < -0.3 is 45.5 Å². The molecule has 1 spiro atoms. The molecule has 1 aliphatic heterocycles. The number of ether oxygens (including phenoxy) is 1. The monoisotopic (exact) mass is 731 g/mol. The van der Waals surface area contributed by atoms with Crippen LogP contribution in [0.1, 0.15) is 107 Å². The smallest absolute Gasteiger partial charge is 0.331 e. The Morgan fingerprint density at radius 3 is 2.62 bits per heavy atom. The third kappa shape index (κ3) is 5.03. The Morgan fingerprint density at radius 2 is 1.89 bits per heavy atom. The molecule has 1 heterocycles. The second-order valence-electron chi connectivity index (χ2n) is 17.9. The number of carbonyl (C=O) groups is 2. The molecule has 10 nitrogen and oxygen atoms in total. The van der Waals surface area contributed by atoms with Gasteiger partial charge in [0.05, 0.1) is 29.8 Å². The minimum absolute atomic E-state index is 0.0723. The second kappa shape index (κ2) is 13.3. The van der Waals surface area contributed by atoms with Gasteiger partial charge in [-0.25, -0.2) is 4.79 Å². The van der Waals surface area contributed by atoms with E-state index in [0.717, 1.165) is 47.8 Å². The number of fused-ring (bicyclic) bond motifs is 8. The van der Waals surface area contributed by atoms with Crippen LogP contribution in [0.3, 0.4) is 0 Å². The van der Waals surface area contributed by atoms with Gasteiger partial charge in [-0.2, -0.15) is 0 Å². The number of unbranched alkanes of at least 4 members (excludes halogenated alkanes) is 2. The molecule has 8 rings (SSSR count). The van der Waals surface area contributed by atoms with Crippen molar-refractivity contribution in [1.29, 1.82) is 0 Å². The van der Waals surface area contributed by atoms with Gasteiger partial charge in [-0.1, -0.05) is 50.2 Å². The molecule has 14 atom stereocenters. The molecule has 5 saturated carbocycles. The van der Waals surface area contributed by atoms with E-state index in [-0.39, 0.29) is 68.4 Å². The average Bonchev–Trinajstić information content (AvgIpc) is 3.64. The molecule has 6 aliphatic carbocycles. The number of hydrogen-bond donors (Lipinski definition) is 7. The Morgan fingerprint density at radius 1 is 1.08 bits per heavy atom. The Bertz CT molecular complexity index is 1730. The normalized spacial score (nSPS) is 46.8.